The highest BCUT2D eigenvalue weighted by Gasteiger charge is 2.19. The SMILES string of the molecule is CC(=O)CCc1ccc(OCC(O)CSc2nnc(-c3ccco3)n2-c2ccccc2)cc1. The lowest BCUT2D eigenvalue weighted by Crippen LogP contribution is -2.20. The number of rotatable bonds is 11. The normalized spacial score (nSPS) is 11.9. The van der Waals surface area contributed by atoms with E-state index < -0.39 is 6.10 Å². The molecule has 7 nitrogen and oxygen atoms in total. The molecule has 0 aliphatic rings. The highest BCUT2D eigenvalue weighted by atomic mass is 32.2. The highest BCUT2D eigenvalue weighted by molar-refractivity contribution is 7.99. The summed E-state index contributed by atoms with van der Waals surface area (Å²) in [6.07, 6.45) is 2.16. The van der Waals surface area contributed by atoms with Crippen molar-refractivity contribution in [2.24, 2.45) is 0 Å². The summed E-state index contributed by atoms with van der Waals surface area (Å²) >= 11 is 1.40. The predicted octanol–water partition coefficient (Wildman–Crippen LogP) is 4.58. The maximum atomic E-state index is 11.1. The smallest absolute Gasteiger partial charge is 0.205 e. The van der Waals surface area contributed by atoms with Gasteiger partial charge in [0.05, 0.1) is 12.4 Å². The summed E-state index contributed by atoms with van der Waals surface area (Å²) < 4.78 is 13.2. The quantitative estimate of drug-likeness (QED) is 0.326. The predicted molar refractivity (Wildman–Crippen MR) is 127 cm³/mol. The molecule has 4 aromatic rings. The highest BCUT2D eigenvalue weighted by Crippen LogP contribution is 2.28. The Morgan fingerprint density at radius 2 is 1.88 bits per heavy atom. The first-order valence-corrected chi connectivity index (χ1v) is 11.7. The summed E-state index contributed by atoms with van der Waals surface area (Å²) in [6.45, 7) is 1.75. The van der Waals surface area contributed by atoms with Crippen molar-refractivity contribution in [2.45, 2.75) is 31.0 Å². The maximum absolute atomic E-state index is 11.1. The number of Topliss-reactive ketones (excluding diaryl/α,β-unsaturated/α-hetero) is 1. The van der Waals surface area contributed by atoms with Crippen molar-refractivity contribution in [1.29, 1.82) is 0 Å². The zero-order valence-electron chi connectivity index (χ0n) is 18.3. The van der Waals surface area contributed by atoms with E-state index in [0.717, 1.165) is 17.7 Å². The average molecular weight is 464 g/mol. The molecule has 8 heteroatoms. The van der Waals surface area contributed by atoms with Crippen LogP contribution in [0.2, 0.25) is 0 Å². The number of carbonyl (C=O) groups excluding carboxylic acids is 1. The van der Waals surface area contributed by atoms with Gasteiger partial charge in [0.15, 0.2) is 10.9 Å². The number of thioether (sulfide) groups is 1. The molecule has 0 saturated carbocycles. The molecular formula is C25H25N3O4S. The van der Waals surface area contributed by atoms with Crippen molar-refractivity contribution < 1.29 is 19.1 Å². The number of nitrogens with zero attached hydrogens (tertiary/aromatic N) is 3. The summed E-state index contributed by atoms with van der Waals surface area (Å²) in [5, 5.41) is 19.7. The largest absolute Gasteiger partial charge is 0.491 e. The Kier molecular flexibility index (Phi) is 7.59. The van der Waals surface area contributed by atoms with Gasteiger partial charge in [-0.25, -0.2) is 0 Å². The van der Waals surface area contributed by atoms with E-state index in [4.69, 9.17) is 9.15 Å². The van der Waals surface area contributed by atoms with Crippen LogP contribution in [0, 0.1) is 0 Å². The van der Waals surface area contributed by atoms with Gasteiger partial charge in [0.1, 0.15) is 18.1 Å². The Bertz CT molecular complexity index is 1160. The number of aromatic nitrogens is 3. The second-order valence-corrected chi connectivity index (χ2v) is 8.56. The minimum atomic E-state index is -0.694. The van der Waals surface area contributed by atoms with Crippen molar-refractivity contribution in [3.63, 3.8) is 0 Å². The second kappa shape index (κ2) is 11.0. The molecule has 2 heterocycles. The third-order valence-electron chi connectivity index (χ3n) is 4.93. The van der Waals surface area contributed by atoms with E-state index in [1.807, 2.05) is 71.3 Å². The zero-order chi connectivity index (χ0) is 23.0. The molecule has 1 atom stereocenters. The van der Waals surface area contributed by atoms with Crippen LogP contribution in [0.3, 0.4) is 0 Å². The van der Waals surface area contributed by atoms with Crippen molar-refractivity contribution >= 4 is 17.5 Å². The second-order valence-electron chi connectivity index (χ2n) is 7.58. The van der Waals surface area contributed by atoms with E-state index >= 15 is 0 Å². The summed E-state index contributed by atoms with van der Waals surface area (Å²) in [7, 11) is 0. The standard InChI is InChI=1S/C25H25N3O4S/c1-18(29)9-10-19-11-13-22(14-12-19)32-16-21(30)17-33-25-27-26-24(23-8-5-15-31-23)28(25)20-6-3-2-4-7-20/h2-8,11-15,21,30H,9-10,16-17H2,1H3. The Hall–Kier alpha value is -3.36. The van der Waals surface area contributed by atoms with Crippen molar-refractivity contribution in [3.05, 3.63) is 78.6 Å². The lowest BCUT2D eigenvalue weighted by atomic mass is 10.1. The summed E-state index contributed by atoms with van der Waals surface area (Å²) in [4.78, 5) is 11.1. The first-order chi connectivity index (χ1) is 16.1. The van der Waals surface area contributed by atoms with Gasteiger partial charge in [-0.05, 0) is 55.3 Å². The fourth-order valence-corrected chi connectivity index (χ4v) is 4.08. The van der Waals surface area contributed by atoms with Crippen LogP contribution in [0.4, 0.5) is 0 Å². The molecule has 0 fully saturated rings. The van der Waals surface area contributed by atoms with Gasteiger partial charge in [0.25, 0.3) is 0 Å². The van der Waals surface area contributed by atoms with E-state index in [9.17, 15) is 9.90 Å². The molecule has 0 aliphatic heterocycles. The Balaban J connectivity index is 1.37. The number of ketones is 1. The molecule has 0 aliphatic carbocycles. The topological polar surface area (TPSA) is 90.4 Å². The number of para-hydroxylation sites is 1. The van der Waals surface area contributed by atoms with Crippen LogP contribution in [0.15, 0.2) is 82.6 Å². The van der Waals surface area contributed by atoms with Crippen LogP contribution in [0.25, 0.3) is 17.3 Å². The van der Waals surface area contributed by atoms with Crippen LogP contribution in [0.1, 0.15) is 18.9 Å². The van der Waals surface area contributed by atoms with Crippen LogP contribution in [-0.2, 0) is 11.2 Å². The first kappa shape index (κ1) is 22.8. The van der Waals surface area contributed by atoms with E-state index in [1.165, 1.54) is 11.8 Å². The fraction of sp³-hybridized carbons (Fsp3) is 0.240. The van der Waals surface area contributed by atoms with Gasteiger partial charge in [-0.3, -0.25) is 4.57 Å². The Labute approximate surface area is 196 Å². The van der Waals surface area contributed by atoms with Gasteiger partial charge in [0, 0.05) is 17.9 Å². The van der Waals surface area contributed by atoms with Crippen molar-refractivity contribution in [1.82, 2.24) is 14.8 Å². The van der Waals surface area contributed by atoms with Gasteiger partial charge in [-0.15, -0.1) is 10.2 Å². The minimum absolute atomic E-state index is 0.157. The van der Waals surface area contributed by atoms with E-state index in [0.29, 0.717) is 34.7 Å². The molecule has 1 N–H and O–H groups in total. The molecule has 0 amide bonds. The van der Waals surface area contributed by atoms with Crippen LogP contribution >= 0.6 is 11.8 Å². The molecule has 0 radical (unpaired) electrons. The molecule has 33 heavy (non-hydrogen) atoms. The first-order valence-electron chi connectivity index (χ1n) is 10.7. The molecule has 2 aromatic carbocycles. The van der Waals surface area contributed by atoms with Crippen molar-refractivity contribution in [3.8, 4) is 23.0 Å². The summed E-state index contributed by atoms with van der Waals surface area (Å²) in [6, 6.07) is 21.0. The third kappa shape index (κ3) is 6.12. The van der Waals surface area contributed by atoms with E-state index in [-0.39, 0.29) is 12.4 Å². The summed E-state index contributed by atoms with van der Waals surface area (Å²) in [5.74, 6) is 2.46. The minimum Gasteiger partial charge on any atom is -0.491 e. The van der Waals surface area contributed by atoms with Crippen LogP contribution < -0.4 is 4.74 Å². The maximum Gasteiger partial charge on any atom is 0.205 e. The molecule has 1 unspecified atom stereocenters. The lowest BCUT2D eigenvalue weighted by molar-refractivity contribution is -0.116. The summed E-state index contributed by atoms with van der Waals surface area (Å²) in [5.41, 5.74) is 1.99. The number of aliphatic hydroxyl groups is 1. The van der Waals surface area contributed by atoms with E-state index in [2.05, 4.69) is 10.2 Å². The van der Waals surface area contributed by atoms with Crippen LogP contribution in [-0.4, -0.2) is 44.1 Å². The monoisotopic (exact) mass is 463 g/mol. The number of benzene rings is 2. The van der Waals surface area contributed by atoms with Gasteiger partial charge in [-0.1, -0.05) is 42.1 Å². The molecule has 2 aromatic heterocycles. The Morgan fingerprint density at radius 1 is 1.09 bits per heavy atom. The van der Waals surface area contributed by atoms with Gasteiger partial charge < -0.3 is 19.1 Å². The molecular weight excluding hydrogens is 438 g/mol. The zero-order valence-corrected chi connectivity index (χ0v) is 19.1. The number of aliphatic hydroxyl groups excluding tert-OH is 1. The number of furan rings is 1. The third-order valence-corrected chi connectivity index (χ3v) is 6.00. The van der Waals surface area contributed by atoms with Gasteiger partial charge in [-0.2, -0.15) is 0 Å². The lowest BCUT2D eigenvalue weighted by Gasteiger charge is -2.13. The molecule has 0 saturated heterocycles. The average Bonchev–Trinajstić information content (AvgIpc) is 3.51. The van der Waals surface area contributed by atoms with Crippen molar-refractivity contribution in [2.75, 3.05) is 12.4 Å². The van der Waals surface area contributed by atoms with Gasteiger partial charge in [0.2, 0.25) is 5.82 Å². The number of aryl methyl sites for hydroxylation is 1. The molecule has 0 bridgehead atoms. The number of ether oxygens (including phenoxy) is 1. The number of carbonyl (C=O) groups is 1. The number of hydrogen-bond donors (Lipinski definition) is 1. The number of hydrogen-bond acceptors (Lipinski definition) is 7. The van der Waals surface area contributed by atoms with Crippen LogP contribution in [0.5, 0.6) is 5.75 Å². The van der Waals surface area contributed by atoms with E-state index in [1.54, 1.807) is 13.2 Å². The molecule has 170 valence electrons. The fourth-order valence-electron chi connectivity index (χ4n) is 3.22. The molecule has 0 spiro atoms. The Morgan fingerprint density at radius 3 is 2.58 bits per heavy atom. The van der Waals surface area contributed by atoms with Gasteiger partial charge >= 0.3 is 0 Å². The molecule has 4 rings (SSSR count).